The molecule has 0 radical (unpaired) electrons. The first kappa shape index (κ1) is 15.1. The van der Waals surface area contributed by atoms with Crippen LogP contribution in [0.1, 0.15) is 17.5 Å². The van der Waals surface area contributed by atoms with Crippen LogP contribution >= 0.6 is 27.3 Å². The fourth-order valence-corrected chi connectivity index (χ4v) is 3.12. The maximum atomic E-state index is 12.1. The van der Waals surface area contributed by atoms with Gasteiger partial charge in [-0.25, -0.2) is 0 Å². The Morgan fingerprint density at radius 2 is 2.00 bits per heavy atom. The number of aryl methyl sites for hydroxylation is 1. The Morgan fingerprint density at radius 3 is 2.60 bits per heavy atom. The minimum absolute atomic E-state index is 0.157. The Hall–Kier alpha value is -1.33. The van der Waals surface area contributed by atoms with Gasteiger partial charge in [-0.05, 0) is 57.1 Å². The van der Waals surface area contributed by atoms with Crippen LogP contribution in [0.3, 0.4) is 0 Å². The second-order valence-corrected chi connectivity index (χ2v) is 7.04. The van der Waals surface area contributed by atoms with E-state index in [-0.39, 0.29) is 5.91 Å². The van der Waals surface area contributed by atoms with Gasteiger partial charge in [-0.3, -0.25) is 4.79 Å². The molecular formula is C15H17BrN2OS. The number of amides is 1. The maximum Gasteiger partial charge on any atom is 0.222 e. The van der Waals surface area contributed by atoms with Gasteiger partial charge in [0.05, 0.1) is 3.79 Å². The molecule has 20 heavy (non-hydrogen) atoms. The number of nitrogens with zero attached hydrogens (tertiary/aromatic N) is 1. The zero-order valence-electron chi connectivity index (χ0n) is 11.3. The third kappa shape index (κ3) is 4.35. The van der Waals surface area contributed by atoms with Crippen molar-refractivity contribution in [3.8, 4) is 0 Å². The number of hydrogen-bond acceptors (Lipinski definition) is 3. The number of halogens is 1. The molecular weight excluding hydrogens is 336 g/mol. The van der Waals surface area contributed by atoms with E-state index in [9.17, 15) is 4.79 Å². The molecule has 0 fully saturated rings. The molecule has 0 bridgehead atoms. The number of carbonyl (C=O) groups excluding carboxylic acids is 1. The lowest BCUT2D eigenvalue weighted by atomic mass is 10.1. The normalized spacial score (nSPS) is 10.5. The molecule has 1 amide bonds. The molecule has 2 rings (SSSR count). The second-order valence-electron chi connectivity index (χ2n) is 4.75. The molecule has 0 saturated carbocycles. The number of nitrogen functional groups attached to an aromatic ring is 1. The molecule has 1 aromatic carbocycles. The summed E-state index contributed by atoms with van der Waals surface area (Å²) in [7, 11) is 1.84. The summed E-state index contributed by atoms with van der Waals surface area (Å²) >= 11 is 5.07. The smallest absolute Gasteiger partial charge is 0.222 e. The predicted octanol–water partition coefficient (Wildman–Crippen LogP) is 3.68. The fraction of sp³-hybridized carbons (Fsp3) is 0.267. The van der Waals surface area contributed by atoms with Gasteiger partial charge in [0, 0.05) is 25.7 Å². The maximum absolute atomic E-state index is 12.1. The van der Waals surface area contributed by atoms with Gasteiger partial charge in [0.2, 0.25) is 5.91 Å². The van der Waals surface area contributed by atoms with E-state index in [0.29, 0.717) is 13.0 Å². The van der Waals surface area contributed by atoms with E-state index >= 15 is 0 Å². The average Bonchev–Trinajstić information content (AvgIpc) is 2.83. The molecule has 3 nitrogen and oxygen atoms in total. The SMILES string of the molecule is CN(Cc1csc(Br)c1)C(=O)CCc1ccc(N)cc1. The lowest BCUT2D eigenvalue weighted by molar-refractivity contribution is -0.130. The highest BCUT2D eigenvalue weighted by Gasteiger charge is 2.10. The van der Waals surface area contributed by atoms with E-state index in [2.05, 4.69) is 27.4 Å². The van der Waals surface area contributed by atoms with Crippen LogP contribution in [0.25, 0.3) is 0 Å². The van der Waals surface area contributed by atoms with Crippen molar-refractivity contribution < 1.29 is 4.79 Å². The molecule has 106 valence electrons. The molecule has 0 saturated heterocycles. The van der Waals surface area contributed by atoms with Crippen molar-refractivity contribution in [1.82, 2.24) is 4.90 Å². The molecule has 0 spiro atoms. The highest BCUT2D eigenvalue weighted by molar-refractivity contribution is 9.11. The minimum atomic E-state index is 0.157. The lowest BCUT2D eigenvalue weighted by Gasteiger charge is -2.16. The molecule has 0 aliphatic rings. The summed E-state index contributed by atoms with van der Waals surface area (Å²) in [5, 5.41) is 2.06. The summed E-state index contributed by atoms with van der Waals surface area (Å²) < 4.78 is 1.09. The third-order valence-corrected chi connectivity index (χ3v) is 4.63. The highest BCUT2D eigenvalue weighted by Crippen LogP contribution is 2.21. The van der Waals surface area contributed by atoms with Crippen LogP contribution in [0.2, 0.25) is 0 Å². The van der Waals surface area contributed by atoms with Crippen LogP contribution in [0.5, 0.6) is 0 Å². The van der Waals surface area contributed by atoms with Crippen LogP contribution in [-0.4, -0.2) is 17.9 Å². The van der Waals surface area contributed by atoms with Crippen molar-refractivity contribution in [3.63, 3.8) is 0 Å². The molecule has 1 aromatic heterocycles. The molecule has 0 aliphatic heterocycles. The number of rotatable bonds is 5. The van der Waals surface area contributed by atoms with Crippen molar-refractivity contribution in [3.05, 3.63) is 50.6 Å². The molecule has 0 atom stereocenters. The zero-order chi connectivity index (χ0) is 14.5. The van der Waals surface area contributed by atoms with Crippen molar-refractivity contribution in [1.29, 1.82) is 0 Å². The van der Waals surface area contributed by atoms with Gasteiger partial charge < -0.3 is 10.6 Å². The van der Waals surface area contributed by atoms with Crippen LogP contribution in [0.4, 0.5) is 5.69 Å². The highest BCUT2D eigenvalue weighted by atomic mass is 79.9. The van der Waals surface area contributed by atoms with Crippen molar-refractivity contribution in [2.75, 3.05) is 12.8 Å². The molecule has 1 heterocycles. The molecule has 2 N–H and O–H groups in total. The van der Waals surface area contributed by atoms with E-state index in [4.69, 9.17) is 5.73 Å². The van der Waals surface area contributed by atoms with Crippen LogP contribution in [0, 0.1) is 0 Å². The Labute approximate surface area is 131 Å². The number of carbonyl (C=O) groups is 1. The predicted molar refractivity (Wildman–Crippen MR) is 87.7 cm³/mol. The van der Waals surface area contributed by atoms with Crippen LogP contribution in [-0.2, 0) is 17.8 Å². The Kier molecular flexibility index (Phi) is 5.20. The summed E-state index contributed by atoms with van der Waals surface area (Å²) in [6, 6.07) is 9.73. The standard InChI is InChI=1S/C15H17BrN2OS/c1-18(9-12-8-14(16)20-10-12)15(19)7-4-11-2-5-13(17)6-3-11/h2-3,5-6,8,10H,4,7,9,17H2,1H3. The largest absolute Gasteiger partial charge is 0.399 e. The Bertz CT molecular complexity index is 580. The molecule has 2 aromatic rings. The van der Waals surface area contributed by atoms with Gasteiger partial charge in [0.25, 0.3) is 0 Å². The van der Waals surface area contributed by atoms with E-state index < -0.39 is 0 Å². The number of benzene rings is 1. The van der Waals surface area contributed by atoms with E-state index in [1.165, 1.54) is 0 Å². The van der Waals surface area contributed by atoms with Crippen molar-refractivity contribution in [2.24, 2.45) is 0 Å². The summed E-state index contributed by atoms with van der Waals surface area (Å²) in [4.78, 5) is 13.9. The van der Waals surface area contributed by atoms with Crippen molar-refractivity contribution >= 4 is 38.9 Å². The summed E-state index contributed by atoms with van der Waals surface area (Å²) in [5.74, 6) is 0.157. The van der Waals surface area contributed by atoms with E-state index in [1.807, 2.05) is 31.3 Å². The van der Waals surface area contributed by atoms with Gasteiger partial charge in [0.15, 0.2) is 0 Å². The van der Waals surface area contributed by atoms with Gasteiger partial charge in [0.1, 0.15) is 0 Å². The third-order valence-electron chi connectivity index (χ3n) is 3.07. The fourth-order valence-electron chi connectivity index (χ4n) is 1.92. The van der Waals surface area contributed by atoms with E-state index in [1.54, 1.807) is 16.2 Å². The van der Waals surface area contributed by atoms with Crippen LogP contribution in [0.15, 0.2) is 39.5 Å². The molecule has 0 aliphatic carbocycles. The summed E-state index contributed by atoms with van der Waals surface area (Å²) in [6.45, 7) is 0.655. The quantitative estimate of drug-likeness (QED) is 0.834. The first-order valence-corrected chi connectivity index (χ1v) is 8.03. The molecule has 5 heteroatoms. The number of nitrogens with two attached hydrogens (primary N) is 1. The van der Waals surface area contributed by atoms with E-state index in [0.717, 1.165) is 27.0 Å². The monoisotopic (exact) mass is 352 g/mol. The Balaban J connectivity index is 1.83. The second kappa shape index (κ2) is 6.90. The summed E-state index contributed by atoms with van der Waals surface area (Å²) in [6.07, 6.45) is 1.27. The average molecular weight is 353 g/mol. The van der Waals surface area contributed by atoms with Gasteiger partial charge in [-0.1, -0.05) is 12.1 Å². The number of thiophene rings is 1. The lowest BCUT2D eigenvalue weighted by Crippen LogP contribution is -2.26. The van der Waals surface area contributed by atoms with Gasteiger partial charge in [-0.2, -0.15) is 0 Å². The van der Waals surface area contributed by atoms with Crippen LogP contribution < -0.4 is 5.73 Å². The molecule has 0 unspecified atom stereocenters. The van der Waals surface area contributed by atoms with Crippen molar-refractivity contribution in [2.45, 2.75) is 19.4 Å². The topological polar surface area (TPSA) is 46.3 Å². The van der Waals surface area contributed by atoms with Gasteiger partial charge in [-0.15, -0.1) is 11.3 Å². The van der Waals surface area contributed by atoms with Gasteiger partial charge >= 0.3 is 0 Å². The first-order chi connectivity index (χ1) is 9.54. The first-order valence-electron chi connectivity index (χ1n) is 6.36. The minimum Gasteiger partial charge on any atom is -0.399 e. The summed E-state index contributed by atoms with van der Waals surface area (Å²) in [5.41, 5.74) is 8.69. The number of anilines is 1. The zero-order valence-corrected chi connectivity index (χ0v) is 13.7. The number of hydrogen-bond donors (Lipinski definition) is 1. The Morgan fingerprint density at radius 1 is 1.30 bits per heavy atom.